The Kier molecular flexibility index (Phi) is 4.28. The van der Waals surface area contributed by atoms with Crippen LogP contribution < -0.4 is 10.1 Å². The molecule has 1 N–H and O–H groups in total. The van der Waals surface area contributed by atoms with Crippen LogP contribution in [0.2, 0.25) is 0 Å². The lowest BCUT2D eigenvalue weighted by atomic mass is 10.1. The fourth-order valence-electron chi connectivity index (χ4n) is 2.67. The number of rotatable bonds is 5. The number of ether oxygens (including phenoxy) is 1. The minimum absolute atomic E-state index is 0.0951. The number of pyridine rings is 1. The van der Waals surface area contributed by atoms with Gasteiger partial charge in [0.05, 0.1) is 7.11 Å². The van der Waals surface area contributed by atoms with Crippen molar-refractivity contribution in [3.63, 3.8) is 0 Å². The Morgan fingerprint density at radius 1 is 1.30 bits per heavy atom. The van der Waals surface area contributed by atoms with E-state index in [4.69, 9.17) is 4.74 Å². The summed E-state index contributed by atoms with van der Waals surface area (Å²) < 4.78 is 7.15. The molecule has 2 heterocycles. The average Bonchev–Trinajstić information content (AvgIpc) is 2.91. The fourth-order valence-corrected chi connectivity index (χ4v) is 2.67. The molecule has 5 heteroatoms. The van der Waals surface area contributed by atoms with Crippen molar-refractivity contribution in [2.75, 3.05) is 13.7 Å². The van der Waals surface area contributed by atoms with Crippen molar-refractivity contribution in [2.24, 2.45) is 7.05 Å². The Bertz CT molecular complexity index is 839. The van der Waals surface area contributed by atoms with Gasteiger partial charge in [-0.2, -0.15) is 0 Å². The zero-order chi connectivity index (χ0) is 16.2. The van der Waals surface area contributed by atoms with Crippen LogP contribution in [-0.4, -0.2) is 29.1 Å². The van der Waals surface area contributed by atoms with Crippen LogP contribution in [0.5, 0.6) is 5.75 Å². The van der Waals surface area contributed by atoms with E-state index in [0.29, 0.717) is 17.9 Å². The average molecular weight is 309 g/mol. The zero-order valence-electron chi connectivity index (χ0n) is 13.2. The van der Waals surface area contributed by atoms with Crippen molar-refractivity contribution in [1.82, 2.24) is 14.9 Å². The summed E-state index contributed by atoms with van der Waals surface area (Å²) >= 11 is 0. The number of amides is 1. The van der Waals surface area contributed by atoms with Crippen molar-refractivity contribution in [3.8, 4) is 5.75 Å². The third-order valence-electron chi connectivity index (χ3n) is 3.83. The van der Waals surface area contributed by atoms with E-state index in [9.17, 15) is 4.79 Å². The first-order valence-electron chi connectivity index (χ1n) is 7.50. The Labute approximate surface area is 134 Å². The van der Waals surface area contributed by atoms with E-state index in [1.54, 1.807) is 25.4 Å². The quantitative estimate of drug-likeness (QED) is 0.788. The molecule has 5 nitrogen and oxygen atoms in total. The Hall–Kier alpha value is -2.82. The summed E-state index contributed by atoms with van der Waals surface area (Å²) in [5, 5.41) is 4.08. The number of fused-ring (bicyclic) bond motifs is 1. The number of nitrogens with one attached hydrogen (secondary N) is 1. The first kappa shape index (κ1) is 15.1. The number of carbonyl (C=O) groups excluding carboxylic acids is 1. The first-order valence-corrected chi connectivity index (χ1v) is 7.50. The van der Waals surface area contributed by atoms with Gasteiger partial charge in [-0.25, -0.2) is 4.98 Å². The molecule has 23 heavy (non-hydrogen) atoms. The molecule has 0 atom stereocenters. The Morgan fingerprint density at radius 3 is 3.00 bits per heavy atom. The number of benzene rings is 1. The van der Waals surface area contributed by atoms with E-state index in [0.717, 1.165) is 17.5 Å². The molecule has 2 aromatic heterocycles. The van der Waals surface area contributed by atoms with E-state index in [1.807, 2.05) is 29.8 Å². The highest BCUT2D eigenvalue weighted by molar-refractivity contribution is 5.94. The lowest BCUT2D eigenvalue weighted by Gasteiger charge is -2.06. The fraction of sp³-hybridized carbons (Fsp3) is 0.222. The molecule has 118 valence electrons. The maximum absolute atomic E-state index is 12.2. The molecule has 0 bridgehead atoms. The van der Waals surface area contributed by atoms with Gasteiger partial charge in [0.1, 0.15) is 11.4 Å². The molecule has 0 aliphatic heterocycles. The van der Waals surface area contributed by atoms with E-state index in [-0.39, 0.29) is 5.91 Å². The van der Waals surface area contributed by atoms with Crippen LogP contribution in [-0.2, 0) is 13.5 Å². The van der Waals surface area contributed by atoms with Crippen LogP contribution in [0.1, 0.15) is 15.9 Å². The number of nitrogens with zero attached hydrogens (tertiary/aromatic N) is 2. The normalized spacial score (nSPS) is 10.7. The summed E-state index contributed by atoms with van der Waals surface area (Å²) in [6.07, 6.45) is 4.62. The van der Waals surface area contributed by atoms with Crippen LogP contribution in [0.3, 0.4) is 0 Å². The lowest BCUT2D eigenvalue weighted by molar-refractivity contribution is 0.0954. The Morgan fingerprint density at radius 2 is 2.17 bits per heavy atom. The molecule has 0 radical (unpaired) electrons. The summed E-state index contributed by atoms with van der Waals surface area (Å²) in [7, 11) is 3.57. The van der Waals surface area contributed by atoms with Crippen LogP contribution in [0.15, 0.2) is 48.8 Å². The highest BCUT2D eigenvalue weighted by Gasteiger charge is 2.09. The molecular weight excluding hydrogens is 290 g/mol. The standard InChI is InChI=1S/C18H19N3O2/c1-21-12-14(16-7-4-9-19-17(16)21)8-10-20-18(22)13-5-3-6-15(11-13)23-2/h3-7,9,11-12H,8,10H2,1-2H3,(H,20,22). The summed E-state index contributed by atoms with van der Waals surface area (Å²) in [6.45, 7) is 0.573. The van der Waals surface area contributed by atoms with Gasteiger partial charge >= 0.3 is 0 Å². The lowest BCUT2D eigenvalue weighted by Crippen LogP contribution is -2.25. The van der Waals surface area contributed by atoms with E-state index >= 15 is 0 Å². The second-order valence-electron chi connectivity index (χ2n) is 5.38. The van der Waals surface area contributed by atoms with Gasteiger partial charge in [-0.05, 0) is 42.3 Å². The highest BCUT2D eigenvalue weighted by Crippen LogP contribution is 2.18. The second kappa shape index (κ2) is 6.52. The molecular formula is C18H19N3O2. The molecule has 3 rings (SSSR count). The summed E-state index contributed by atoms with van der Waals surface area (Å²) in [5.74, 6) is 0.583. The van der Waals surface area contributed by atoms with Gasteiger partial charge in [-0.1, -0.05) is 6.07 Å². The predicted molar refractivity (Wildman–Crippen MR) is 89.7 cm³/mol. The topological polar surface area (TPSA) is 56.1 Å². The van der Waals surface area contributed by atoms with Crippen molar-refractivity contribution in [1.29, 1.82) is 0 Å². The predicted octanol–water partition coefficient (Wildman–Crippen LogP) is 2.55. The number of hydrogen-bond donors (Lipinski definition) is 1. The van der Waals surface area contributed by atoms with Gasteiger partial charge in [-0.3, -0.25) is 4.79 Å². The maximum atomic E-state index is 12.2. The Balaban J connectivity index is 1.65. The summed E-state index contributed by atoms with van der Waals surface area (Å²) in [6, 6.07) is 11.1. The van der Waals surface area contributed by atoms with Crippen LogP contribution in [0.4, 0.5) is 0 Å². The largest absolute Gasteiger partial charge is 0.497 e. The molecule has 0 aliphatic rings. The number of methoxy groups -OCH3 is 1. The summed E-state index contributed by atoms with van der Waals surface area (Å²) in [4.78, 5) is 16.6. The SMILES string of the molecule is COc1cccc(C(=O)NCCc2cn(C)c3ncccc23)c1. The van der Waals surface area contributed by atoms with Gasteiger partial charge in [0.2, 0.25) is 0 Å². The third kappa shape index (κ3) is 3.18. The molecule has 0 aliphatic carbocycles. The minimum Gasteiger partial charge on any atom is -0.497 e. The maximum Gasteiger partial charge on any atom is 0.251 e. The third-order valence-corrected chi connectivity index (χ3v) is 3.83. The second-order valence-corrected chi connectivity index (χ2v) is 5.38. The van der Waals surface area contributed by atoms with E-state index < -0.39 is 0 Å². The molecule has 1 amide bonds. The molecule has 0 fully saturated rings. The van der Waals surface area contributed by atoms with Crippen molar-refractivity contribution < 1.29 is 9.53 Å². The van der Waals surface area contributed by atoms with E-state index in [2.05, 4.69) is 22.6 Å². The highest BCUT2D eigenvalue weighted by atomic mass is 16.5. The van der Waals surface area contributed by atoms with Gasteiger partial charge < -0.3 is 14.6 Å². The number of aryl methyl sites for hydroxylation is 1. The monoisotopic (exact) mass is 309 g/mol. The van der Waals surface area contributed by atoms with Crippen LogP contribution in [0, 0.1) is 0 Å². The number of carbonyl (C=O) groups is 1. The van der Waals surface area contributed by atoms with Gasteiger partial charge in [0.25, 0.3) is 5.91 Å². The molecule has 0 spiro atoms. The minimum atomic E-state index is -0.0951. The van der Waals surface area contributed by atoms with Crippen molar-refractivity contribution in [3.05, 3.63) is 59.9 Å². The van der Waals surface area contributed by atoms with Crippen molar-refractivity contribution in [2.45, 2.75) is 6.42 Å². The van der Waals surface area contributed by atoms with Gasteiger partial charge in [0, 0.05) is 36.9 Å². The van der Waals surface area contributed by atoms with Crippen LogP contribution in [0.25, 0.3) is 11.0 Å². The van der Waals surface area contributed by atoms with Crippen molar-refractivity contribution >= 4 is 16.9 Å². The van der Waals surface area contributed by atoms with Gasteiger partial charge in [-0.15, -0.1) is 0 Å². The smallest absolute Gasteiger partial charge is 0.251 e. The number of aromatic nitrogens is 2. The molecule has 3 aromatic rings. The summed E-state index contributed by atoms with van der Waals surface area (Å²) in [5.41, 5.74) is 2.74. The molecule has 1 aromatic carbocycles. The van der Waals surface area contributed by atoms with E-state index in [1.165, 1.54) is 5.56 Å². The zero-order valence-corrected chi connectivity index (χ0v) is 13.2. The molecule has 0 unspecified atom stereocenters. The van der Waals surface area contributed by atoms with Gasteiger partial charge in [0.15, 0.2) is 0 Å². The first-order chi connectivity index (χ1) is 11.2. The van der Waals surface area contributed by atoms with Crippen LogP contribution >= 0.6 is 0 Å². The number of hydrogen-bond acceptors (Lipinski definition) is 3. The molecule has 0 saturated carbocycles. The molecule has 0 saturated heterocycles.